The van der Waals surface area contributed by atoms with E-state index in [0.717, 1.165) is 49.9 Å². The summed E-state index contributed by atoms with van der Waals surface area (Å²) >= 11 is 0. The Kier molecular flexibility index (Phi) is 7.09. The molecule has 2 aromatic heterocycles. The van der Waals surface area contributed by atoms with Gasteiger partial charge in [-0.25, -0.2) is 14.6 Å². The third-order valence-corrected chi connectivity index (χ3v) is 5.97. The van der Waals surface area contributed by atoms with Crippen molar-refractivity contribution < 1.29 is 4.79 Å². The van der Waals surface area contributed by atoms with Crippen LogP contribution in [0.1, 0.15) is 73.0 Å². The van der Waals surface area contributed by atoms with E-state index >= 15 is 0 Å². The highest BCUT2D eigenvalue weighted by atomic mass is 35.5. The van der Waals surface area contributed by atoms with E-state index in [1.165, 1.54) is 12.8 Å². The fraction of sp³-hybridized carbons (Fsp3) is 0.700. The first kappa shape index (κ1) is 23.0. The van der Waals surface area contributed by atoms with Crippen molar-refractivity contribution in [3.8, 4) is 0 Å². The molecule has 1 amide bonds. The van der Waals surface area contributed by atoms with Crippen LogP contribution in [0.3, 0.4) is 0 Å². The molecule has 166 valence electrons. The number of carbonyl (C=O) groups is 1. The number of rotatable bonds is 4. The topological polar surface area (TPSA) is 80.9 Å². The minimum atomic E-state index is -0.0237. The fourth-order valence-electron chi connectivity index (χ4n) is 4.34. The Balaban J connectivity index is 0.00000128. The minimum Gasteiger partial charge on any atom is -0.333 e. The molecule has 0 saturated heterocycles. The van der Waals surface area contributed by atoms with Crippen LogP contribution in [0, 0.1) is 5.92 Å². The molecule has 4 heterocycles. The highest BCUT2D eigenvalue weighted by molar-refractivity contribution is 5.92. The highest BCUT2D eigenvalue weighted by Gasteiger charge is 2.38. The van der Waals surface area contributed by atoms with Crippen LogP contribution in [0.5, 0.6) is 0 Å². The van der Waals surface area contributed by atoms with Crippen LogP contribution >= 0.6 is 24.8 Å². The molecule has 1 fully saturated rings. The number of fused-ring (bicyclic) bond motifs is 2. The van der Waals surface area contributed by atoms with Crippen LogP contribution in [0.15, 0.2) is 6.20 Å². The highest BCUT2D eigenvalue weighted by Crippen LogP contribution is 2.40. The van der Waals surface area contributed by atoms with Crippen LogP contribution in [0.2, 0.25) is 0 Å². The maximum absolute atomic E-state index is 13.4. The molecule has 30 heavy (non-hydrogen) atoms. The van der Waals surface area contributed by atoms with E-state index in [1.807, 2.05) is 15.8 Å². The summed E-state index contributed by atoms with van der Waals surface area (Å²) in [7, 11) is 0. The summed E-state index contributed by atoms with van der Waals surface area (Å²) in [5.74, 6) is 3.96. The second-order valence-electron chi connectivity index (χ2n) is 8.71. The lowest BCUT2D eigenvalue weighted by Gasteiger charge is -2.35. The van der Waals surface area contributed by atoms with Crippen molar-refractivity contribution in [2.75, 3.05) is 19.6 Å². The zero-order chi connectivity index (χ0) is 19.3. The van der Waals surface area contributed by atoms with Crippen molar-refractivity contribution in [3.05, 3.63) is 29.4 Å². The third kappa shape index (κ3) is 4.36. The van der Waals surface area contributed by atoms with Crippen molar-refractivity contribution in [1.82, 2.24) is 34.5 Å². The Hall–Kier alpha value is -1.64. The molecule has 1 aliphatic carbocycles. The number of amides is 1. The molecular weight excluding hydrogens is 425 g/mol. The summed E-state index contributed by atoms with van der Waals surface area (Å²) in [5.41, 5.74) is 0.570. The van der Waals surface area contributed by atoms with E-state index in [1.54, 1.807) is 0 Å². The van der Waals surface area contributed by atoms with Gasteiger partial charge in [-0.3, -0.25) is 4.79 Å². The van der Waals surface area contributed by atoms with Gasteiger partial charge in [0.2, 0.25) is 0 Å². The second kappa shape index (κ2) is 9.24. The Morgan fingerprint density at radius 1 is 1.17 bits per heavy atom. The molecular formula is C20H31Cl2N7O. The Labute approximate surface area is 189 Å². The molecule has 10 heteroatoms. The summed E-state index contributed by atoms with van der Waals surface area (Å²) in [5, 5.41) is 8.12. The molecule has 3 aliphatic rings. The fourth-order valence-corrected chi connectivity index (χ4v) is 4.34. The van der Waals surface area contributed by atoms with Gasteiger partial charge < -0.3 is 14.8 Å². The van der Waals surface area contributed by atoms with Gasteiger partial charge in [0.15, 0.2) is 5.82 Å². The Bertz CT molecular complexity index is 866. The number of carbonyl (C=O) groups excluding carboxylic acids is 1. The molecule has 2 aromatic rings. The predicted molar refractivity (Wildman–Crippen MR) is 119 cm³/mol. The minimum absolute atomic E-state index is 0. The summed E-state index contributed by atoms with van der Waals surface area (Å²) in [4.78, 5) is 25.0. The van der Waals surface area contributed by atoms with Gasteiger partial charge in [0.05, 0.1) is 12.6 Å². The molecule has 5 rings (SSSR count). The number of hydrogen-bond acceptors (Lipinski definition) is 5. The lowest BCUT2D eigenvalue weighted by Crippen LogP contribution is -2.43. The van der Waals surface area contributed by atoms with Crippen molar-refractivity contribution in [1.29, 1.82) is 0 Å². The quantitative estimate of drug-likeness (QED) is 0.765. The molecule has 0 aromatic carbocycles. The van der Waals surface area contributed by atoms with Crippen LogP contribution in [0.25, 0.3) is 0 Å². The van der Waals surface area contributed by atoms with E-state index < -0.39 is 0 Å². The molecule has 0 spiro atoms. The molecule has 2 aliphatic heterocycles. The maximum Gasteiger partial charge on any atom is 0.274 e. The van der Waals surface area contributed by atoms with Crippen molar-refractivity contribution in [2.45, 2.75) is 64.6 Å². The maximum atomic E-state index is 13.4. The SMILES string of the molecule is CC(C)C[C@H]1c2nc(C3CC3)nn2CCN1C(=O)c1cn2c(n1)CCNCC2.Cl.Cl. The van der Waals surface area contributed by atoms with E-state index in [2.05, 4.69) is 28.7 Å². The number of imidazole rings is 1. The lowest BCUT2D eigenvalue weighted by atomic mass is 10.00. The summed E-state index contributed by atoms with van der Waals surface area (Å²) < 4.78 is 4.17. The van der Waals surface area contributed by atoms with Crippen LogP contribution in [-0.2, 0) is 19.5 Å². The van der Waals surface area contributed by atoms with Crippen molar-refractivity contribution in [2.24, 2.45) is 5.92 Å². The summed E-state index contributed by atoms with van der Waals surface area (Å²) in [6, 6.07) is -0.0237. The zero-order valence-electron chi connectivity index (χ0n) is 17.6. The molecule has 8 nitrogen and oxygen atoms in total. The van der Waals surface area contributed by atoms with Gasteiger partial charge in [0.1, 0.15) is 17.3 Å². The van der Waals surface area contributed by atoms with Crippen LogP contribution in [0.4, 0.5) is 0 Å². The summed E-state index contributed by atoms with van der Waals surface area (Å²) in [6.07, 6.45) is 6.08. The smallest absolute Gasteiger partial charge is 0.274 e. The number of halogens is 2. The summed E-state index contributed by atoms with van der Waals surface area (Å²) in [6.45, 7) is 8.48. The molecule has 1 saturated carbocycles. The van der Waals surface area contributed by atoms with Crippen molar-refractivity contribution in [3.63, 3.8) is 0 Å². The van der Waals surface area contributed by atoms with Crippen LogP contribution < -0.4 is 5.32 Å². The first-order chi connectivity index (χ1) is 13.6. The van der Waals surface area contributed by atoms with Gasteiger partial charge in [0, 0.05) is 44.7 Å². The molecule has 0 unspecified atom stereocenters. The van der Waals surface area contributed by atoms with Gasteiger partial charge in [-0.2, -0.15) is 5.10 Å². The lowest BCUT2D eigenvalue weighted by molar-refractivity contribution is 0.0572. The molecule has 0 bridgehead atoms. The van der Waals surface area contributed by atoms with Gasteiger partial charge >= 0.3 is 0 Å². The first-order valence-corrected chi connectivity index (χ1v) is 10.6. The van der Waals surface area contributed by atoms with E-state index in [0.29, 0.717) is 30.6 Å². The normalized spacial score (nSPS) is 20.6. The van der Waals surface area contributed by atoms with Gasteiger partial charge in [-0.05, 0) is 25.2 Å². The van der Waals surface area contributed by atoms with E-state index in [-0.39, 0.29) is 36.8 Å². The zero-order valence-corrected chi connectivity index (χ0v) is 19.2. The van der Waals surface area contributed by atoms with Crippen LogP contribution in [-0.4, -0.2) is 54.8 Å². The largest absolute Gasteiger partial charge is 0.333 e. The van der Waals surface area contributed by atoms with Gasteiger partial charge in [0.25, 0.3) is 5.91 Å². The third-order valence-electron chi connectivity index (χ3n) is 5.97. The number of nitrogens with one attached hydrogen (secondary N) is 1. The van der Waals surface area contributed by atoms with Gasteiger partial charge in [-0.15, -0.1) is 24.8 Å². The standard InChI is InChI=1S/C20H29N7O.2ClH/c1-13(2)11-16-19-23-18(14-3-4-14)24-27(19)10-9-26(16)20(28)15-12-25-8-7-21-6-5-17(25)22-15;;/h12-14,16,21H,3-11H2,1-2H3;2*1H/t16-;;/m0../s1. The first-order valence-electron chi connectivity index (χ1n) is 10.6. The van der Waals surface area contributed by atoms with Crippen molar-refractivity contribution >= 4 is 30.7 Å². The number of nitrogens with zero attached hydrogens (tertiary/aromatic N) is 6. The average molecular weight is 456 g/mol. The monoisotopic (exact) mass is 455 g/mol. The number of hydrogen-bond donors (Lipinski definition) is 1. The Morgan fingerprint density at radius 2 is 1.97 bits per heavy atom. The molecule has 1 atom stereocenters. The van der Waals surface area contributed by atoms with E-state index in [9.17, 15) is 4.79 Å². The average Bonchev–Trinajstić information content (AvgIpc) is 3.37. The predicted octanol–water partition coefficient (Wildman–Crippen LogP) is 2.58. The number of aromatic nitrogens is 5. The van der Waals surface area contributed by atoms with E-state index in [4.69, 9.17) is 10.1 Å². The molecule has 1 N–H and O–H groups in total. The Morgan fingerprint density at radius 3 is 2.70 bits per heavy atom. The second-order valence-corrected chi connectivity index (χ2v) is 8.71. The molecule has 0 radical (unpaired) electrons. The van der Waals surface area contributed by atoms with Gasteiger partial charge in [-0.1, -0.05) is 13.8 Å².